The molecular formula is C29H23NO5. The maximum atomic E-state index is 12.6. The van der Waals surface area contributed by atoms with Crippen LogP contribution < -0.4 is 10.1 Å². The Labute approximate surface area is 202 Å². The van der Waals surface area contributed by atoms with Crippen molar-refractivity contribution in [2.75, 3.05) is 5.32 Å². The molecule has 1 amide bonds. The highest BCUT2D eigenvalue weighted by Gasteiger charge is 2.12. The normalized spacial score (nSPS) is 10.8. The molecule has 0 aliphatic carbocycles. The number of carbonyl (C=O) groups is 2. The number of aryl methyl sites for hydroxylation is 1. The van der Waals surface area contributed by atoms with Crippen molar-refractivity contribution >= 4 is 29.7 Å². The third kappa shape index (κ3) is 6.15. The number of hydrogen-bond donors (Lipinski definition) is 3. The highest BCUT2D eigenvalue weighted by Crippen LogP contribution is 2.24. The van der Waals surface area contributed by atoms with E-state index in [-0.39, 0.29) is 17.4 Å². The molecule has 3 N–H and O–H groups in total. The molecule has 0 heterocycles. The average Bonchev–Trinajstić information content (AvgIpc) is 2.86. The van der Waals surface area contributed by atoms with Crippen molar-refractivity contribution in [3.8, 4) is 17.2 Å². The van der Waals surface area contributed by atoms with Crippen molar-refractivity contribution in [1.29, 1.82) is 0 Å². The number of anilines is 1. The maximum absolute atomic E-state index is 12.6. The van der Waals surface area contributed by atoms with Gasteiger partial charge in [-0.05, 0) is 90.3 Å². The second kappa shape index (κ2) is 10.4. The second-order valence-electron chi connectivity index (χ2n) is 7.92. The molecule has 0 radical (unpaired) electrons. The van der Waals surface area contributed by atoms with Crippen molar-refractivity contribution in [1.82, 2.24) is 0 Å². The number of amides is 1. The lowest BCUT2D eigenvalue weighted by atomic mass is 10.1. The molecule has 0 saturated carbocycles. The minimum atomic E-state index is -0.483. The fourth-order valence-electron chi connectivity index (χ4n) is 3.32. The van der Waals surface area contributed by atoms with Crippen LogP contribution in [0.15, 0.2) is 91.0 Å². The van der Waals surface area contributed by atoms with Gasteiger partial charge in [-0.25, -0.2) is 4.79 Å². The van der Waals surface area contributed by atoms with Crippen LogP contribution in [0, 0.1) is 6.92 Å². The average molecular weight is 466 g/mol. The van der Waals surface area contributed by atoms with Gasteiger partial charge in [0.05, 0.1) is 5.56 Å². The molecule has 35 heavy (non-hydrogen) atoms. The van der Waals surface area contributed by atoms with Gasteiger partial charge < -0.3 is 20.3 Å². The molecule has 0 aromatic heterocycles. The van der Waals surface area contributed by atoms with E-state index in [0.29, 0.717) is 28.1 Å². The van der Waals surface area contributed by atoms with Gasteiger partial charge in [-0.1, -0.05) is 36.4 Å². The zero-order valence-electron chi connectivity index (χ0n) is 18.9. The summed E-state index contributed by atoms with van der Waals surface area (Å²) in [5, 5.41) is 21.5. The lowest BCUT2D eigenvalue weighted by Gasteiger charge is -2.11. The summed E-state index contributed by atoms with van der Waals surface area (Å²) in [7, 11) is 0. The Morgan fingerprint density at radius 3 is 1.80 bits per heavy atom. The van der Waals surface area contributed by atoms with Crippen LogP contribution in [0.25, 0.3) is 12.2 Å². The molecule has 0 aliphatic rings. The number of rotatable bonds is 6. The predicted octanol–water partition coefficient (Wildman–Crippen LogP) is 6.05. The van der Waals surface area contributed by atoms with Gasteiger partial charge in [0, 0.05) is 11.3 Å². The van der Waals surface area contributed by atoms with Crippen LogP contribution in [0.3, 0.4) is 0 Å². The van der Waals surface area contributed by atoms with E-state index < -0.39 is 5.97 Å². The van der Waals surface area contributed by atoms with Gasteiger partial charge in [0.1, 0.15) is 17.2 Å². The van der Waals surface area contributed by atoms with Gasteiger partial charge in [0.15, 0.2) is 0 Å². The minimum absolute atomic E-state index is 0.0868. The van der Waals surface area contributed by atoms with E-state index in [4.69, 9.17) is 4.74 Å². The van der Waals surface area contributed by atoms with E-state index >= 15 is 0 Å². The third-order valence-electron chi connectivity index (χ3n) is 5.27. The van der Waals surface area contributed by atoms with Gasteiger partial charge in [-0.3, -0.25) is 4.79 Å². The number of hydrogen-bond acceptors (Lipinski definition) is 5. The summed E-state index contributed by atoms with van der Waals surface area (Å²) in [5.41, 5.74) is 3.94. The van der Waals surface area contributed by atoms with Crippen LogP contribution in [0.2, 0.25) is 0 Å². The number of ether oxygens (including phenoxy) is 1. The Hall–Kier alpha value is -4.84. The maximum Gasteiger partial charge on any atom is 0.343 e. The van der Waals surface area contributed by atoms with E-state index in [1.165, 1.54) is 24.3 Å². The fourth-order valence-corrected chi connectivity index (χ4v) is 3.32. The molecule has 6 nitrogen and oxygen atoms in total. The molecule has 4 aromatic rings. The zero-order valence-corrected chi connectivity index (χ0v) is 18.9. The lowest BCUT2D eigenvalue weighted by molar-refractivity contribution is 0.0733. The summed E-state index contributed by atoms with van der Waals surface area (Å²) in [6.45, 7) is 1.79. The lowest BCUT2D eigenvalue weighted by Crippen LogP contribution is -2.12. The smallest absolute Gasteiger partial charge is 0.343 e. The Bertz CT molecular complexity index is 1370. The van der Waals surface area contributed by atoms with Gasteiger partial charge in [0.2, 0.25) is 0 Å². The molecular weight excluding hydrogens is 442 g/mol. The highest BCUT2D eigenvalue weighted by atomic mass is 16.5. The minimum Gasteiger partial charge on any atom is -0.508 e. The molecule has 0 bridgehead atoms. The summed E-state index contributed by atoms with van der Waals surface area (Å²) >= 11 is 0. The number of nitrogens with one attached hydrogen (secondary N) is 1. The predicted molar refractivity (Wildman–Crippen MR) is 136 cm³/mol. The SMILES string of the molecule is Cc1cc(NC(=O)c2ccc(O)cc2)ccc1OC(=O)c1ccc(/C=C/c2ccc(O)cc2)cc1. The summed E-state index contributed by atoms with van der Waals surface area (Å²) < 4.78 is 5.55. The Balaban J connectivity index is 1.38. The molecule has 174 valence electrons. The van der Waals surface area contributed by atoms with E-state index in [0.717, 1.165) is 11.1 Å². The monoisotopic (exact) mass is 465 g/mol. The number of aromatic hydroxyl groups is 2. The third-order valence-corrected chi connectivity index (χ3v) is 5.27. The first-order valence-electron chi connectivity index (χ1n) is 10.9. The first kappa shape index (κ1) is 23.3. The number of phenols is 2. The van der Waals surface area contributed by atoms with Gasteiger partial charge in [0.25, 0.3) is 5.91 Å². The molecule has 4 rings (SSSR count). The van der Waals surface area contributed by atoms with Crippen molar-refractivity contribution < 1.29 is 24.5 Å². The van der Waals surface area contributed by atoms with Crippen LogP contribution in [0.1, 0.15) is 37.4 Å². The molecule has 0 atom stereocenters. The summed E-state index contributed by atoms with van der Waals surface area (Å²) in [6.07, 6.45) is 3.83. The van der Waals surface area contributed by atoms with Crippen molar-refractivity contribution in [3.63, 3.8) is 0 Å². The van der Waals surface area contributed by atoms with E-state index in [1.807, 2.05) is 36.4 Å². The summed E-state index contributed by atoms with van der Waals surface area (Å²) in [6, 6.07) is 24.9. The van der Waals surface area contributed by atoms with Crippen LogP contribution in [-0.2, 0) is 0 Å². The van der Waals surface area contributed by atoms with Crippen LogP contribution in [0.4, 0.5) is 5.69 Å². The number of esters is 1. The quantitative estimate of drug-likeness (QED) is 0.183. The Kier molecular flexibility index (Phi) is 6.93. The van der Waals surface area contributed by atoms with Crippen molar-refractivity contribution in [2.24, 2.45) is 0 Å². The van der Waals surface area contributed by atoms with Crippen LogP contribution in [-0.4, -0.2) is 22.1 Å². The Morgan fingerprint density at radius 2 is 1.23 bits per heavy atom. The van der Waals surface area contributed by atoms with E-state index in [2.05, 4.69) is 5.32 Å². The van der Waals surface area contributed by atoms with Crippen LogP contribution >= 0.6 is 0 Å². The van der Waals surface area contributed by atoms with E-state index in [9.17, 15) is 19.8 Å². The summed E-state index contributed by atoms with van der Waals surface area (Å²) in [5.74, 6) is -0.0943. The van der Waals surface area contributed by atoms with Crippen molar-refractivity contribution in [3.05, 3.63) is 119 Å². The number of benzene rings is 4. The van der Waals surface area contributed by atoms with E-state index in [1.54, 1.807) is 49.4 Å². The first-order valence-corrected chi connectivity index (χ1v) is 10.9. The molecule has 0 unspecified atom stereocenters. The first-order chi connectivity index (χ1) is 16.9. The zero-order chi connectivity index (χ0) is 24.8. The number of carbonyl (C=O) groups excluding carboxylic acids is 2. The fraction of sp³-hybridized carbons (Fsp3) is 0.0345. The molecule has 0 saturated heterocycles. The van der Waals surface area contributed by atoms with Crippen molar-refractivity contribution in [2.45, 2.75) is 6.92 Å². The van der Waals surface area contributed by atoms with Crippen LogP contribution in [0.5, 0.6) is 17.2 Å². The summed E-state index contributed by atoms with van der Waals surface area (Å²) in [4.78, 5) is 25.0. The molecule has 6 heteroatoms. The molecule has 0 fully saturated rings. The highest BCUT2D eigenvalue weighted by molar-refractivity contribution is 6.04. The molecule has 4 aromatic carbocycles. The number of phenolic OH excluding ortho intramolecular Hbond substituents is 2. The van der Waals surface area contributed by atoms with Gasteiger partial charge in [-0.2, -0.15) is 0 Å². The molecule has 0 spiro atoms. The van der Waals surface area contributed by atoms with Gasteiger partial charge >= 0.3 is 5.97 Å². The van der Waals surface area contributed by atoms with Gasteiger partial charge in [-0.15, -0.1) is 0 Å². The Morgan fingerprint density at radius 1 is 0.714 bits per heavy atom. The largest absolute Gasteiger partial charge is 0.508 e. The topological polar surface area (TPSA) is 95.9 Å². The standard InChI is InChI=1S/C29H23NO5/c1-19-18-24(30-28(33)22-10-15-26(32)16-11-22)12-17-27(19)35-29(34)23-8-4-20(5-9-23)2-3-21-6-13-25(31)14-7-21/h2-18,31-32H,1H3,(H,30,33)/b3-2+. The molecule has 0 aliphatic heterocycles. The second-order valence-corrected chi connectivity index (χ2v) is 7.92.